The van der Waals surface area contributed by atoms with Gasteiger partial charge in [-0.1, -0.05) is 0 Å². The van der Waals surface area contributed by atoms with Crippen molar-refractivity contribution in [3.8, 4) is 22.8 Å². The molecule has 0 aliphatic carbocycles. The minimum Gasteiger partial charge on any atom is -0.395 e. The number of rotatable bonds is 9. The lowest BCUT2D eigenvalue weighted by molar-refractivity contribution is 0.188. The first-order valence-electron chi connectivity index (χ1n) is 18.3. The van der Waals surface area contributed by atoms with E-state index in [1.54, 1.807) is 0 Å². The molecular formula is C40H45N9O2. The first kappa shape index (κ1) is 32.0. The minimum atomic E-state index is 0.212. The number of nitrogens with zero attached hydrogens (tertiary/aromatic N) is 7. The fourth-order valence-corrected chi connectivity index (χ4v) is 8.14. The number of hydrogen-bond acceptors (Lipinski definition) is 8. The smallest absolute Gasteiger partial charge is 0.138 e. The molecule has 0 amide bonds. The molecule has 4 N–H and O–H groups in total. The van der Waals surface area contributed by atoms with E-state index in [1.807, 2.05) is 0 Å². The Balaban J connectivity index is 1.02. The van der Waals surface area contributed by atoms with Crippen LogP contribution in [0, 0.1) is 0 Å². The van der Waals surface area contributed by atoms with Gasteiger partial charge in [-0.2, -0.15) is 0 Å². The van der Waals surface area contributed by atoms with Crippen LogP contribution in [0.15, 0.2) is 72.8 Å². The molecule has 0 unspecified atom stereocenters. The Morgan fingerprint density at radius 2 is 1.02 bits per heavy atom. The van der Waals surface area contributed by atoms with E-state index in [-0.39, 0.29) is 13.2 Å². The predicted molar refractivity (Wildman–Crippen MR) is 207 cm³/mol. The Hall–Kier alpha value is -4.94. The molecule has 51 heavy (non-hydrogen) atoms. The molecule has 2 aliphatic heterocycles. The van der Waals surface area contributed by atoms with E-state index >= 15 is 0 Å². The minimum absolute atomic E-state index is 0.212. The lowest BCUT2D eigenvalue weighted by Gasteiger charge is -2.35. The maximum absolute atomic E-state index is 9.31. The maximum atomic E-state index is 9.31. The molecule has 9 rings (SSSR count). The van der Waals surface area contributed by atoms with E-state index in [1.165, 1.54) is 33.2 Å². The zero-order valence-electron chi connectivity index (χ0n) is 29.1. The summed E-state index contributed by atoms with van der Waals surface area (Å²) < 4.78 is 2.38. The van der Waals surface area contributed by atoms with Gasteiger partial charge in [0.25, 0.3) is 0 Å². The normalized spacial score (nSPS) is 16.5. The SMILES string of the molecule is CCn1c2ccc(-c3nc4ccc(N5CCN(CCO)CC5)cc4[nH]3)cc2c2cc(-c3nc4ccc(N5CCN(CCO)CC5)cc4[nH]3)ccc21. The first-order chi connectivity index (χ1) is 25.1. The second kappa shape index (κ2) is 13.3. The number of aliphatic hydroxyl groups excluding tert-OH is 2. The van der Waals surface area contributed by atoms with Crippen molar-refractivity contribution in [1.82, 2.24) is 34.3 Å². The molecule has 11 nitrogen and oxygen atoms in total. The average Bonchev–Trinajstić information content (AvgIpc) is 3.88. The summed E-state index contributed by atoms with van der Waals surface area (Å²) in [6, 6.07) is 26.4. The highest BCUT2D eigenvalue weighted by Crippen LogP contribution is 2.36. The van der Waals surface area contributed by atoms with Crippen molar-refractivity contribution in [3.05, 3.63) is 72.8 Å². The van der Waals surface area contributed by atoms with Crippen LogP contribution in [-0.4, -0.2) is 123 Å². The quantitative estimate of drug-likeness (QED) is 0.166. The van der Waals surface area contributed by atoms with Crippen LogP contribution in [0.25, 0.3) is 66.6 Å². The second-order valence-corrected chi connectivity index (χ2v) is 13.9. The van der Waals surface area contributed by atoms with Gasteiger partial charge in [-0.05, 0) is 79.7 Å². The molecule has 262 valence electrons. The van der Waals surface area contributed by atoms with E-state index in [9.17, 15) is 10.2 Å². The Bertz CT molecular complexity index is 2180. The van der Waals surface area contributed by atoms with Gasteiger partial charge in [0.15, 0.2) is 0 Å². The molecule has 11 heteroatoms. The van der Waals surface area contributed by atoms with Gasteiger partial charge in [0, 0.05) is 116 Å². The number of piperazine rings is 2. The Kier molecular flexibility index (Phi) is 8.35. The third-order valence-corrected chi connectivity index (χ3v) is 11.0. The lowest BCUT2D eigenvalue weighted by Crippen LogP contribution is -2.47. The number of anilines is 2. The molecule has 0 saturated carbocycles. The molecule has 3 aromatic heterocycles. The van der Waals surface area contributed by atoms with Gasteiger partial charge in [-0.25, -0.2) is 9.97 Å². The molecule has 2 fully saturated rings. The van der Waals surface area contributed by atoms with Crippen LogP contribution < -0.4 is 9.80 Å². The molecule has 0 spiro atoms. The van der Waals surface area contributed by atoms with E-state index < -0.39 is 0 Å². The third kappa shape index (κ3) is 5.89. The highest BCUT2D eigenvalue weighted by Gasteiger charge is 2.20. The molecule has 5 heterocycles. The summed E-state index contributed by atoms with van der Waals surface area (Å²) in [6.45, 7) is 12.6. The van der Waals surface area contributed by atoms with Crippen LogP contribution in [0.5, 0.6) is 0 Å². The van der Waals surface area contributed by atoms with Gasteiger partial charge in [-0.3, -0.25) is 9.80 Å². The van der Waals surface area contributed by atoms with Crippen LogP contribution in [-0.2, 0) is 6.54 Å². The fraction of sp³-hybridized carbons (Fsp3) is 0.350. The standard InChI is InChI=1S/C40H45N9O2/c1-2-49-37-9-3-27(39-41-33-7-5-29(25-35(33)43-39)47-15-11-45(12-16-47)19-21-50)23-31(37)32-24-28(4-10-38(32)49)40-42-34-8-6-30(26-36(34)44-40)48-17-13-46(14-18-48)20-22-51/h3-10,23-26,50-51H,2,11-22H2,1H3,(H,41,43)(H,42,44). The molecule has 4 aromatic carbocycles. The van der Waals surface area contributed by atoms with Crippen molar-refractivity contribution in [1.29, 1.82) is 0 Å². The van der Waals surface area contributed by atoms with E-state index in [4.69, 9.17) is 9.97 Å². The van der Waals surface area contributed by atoms with Crippen LogP contribution in [0.1, 0.15) is 6.92 Å². The van der Waals surface area contributed by atoms with Crippen LogP contribution in [0.4, 0.5) is 11.4 Å². The van der Waals surface area contributed by atoms with Crippen molar-refractivity contribution >= 4 is 55.2 Å². The number of aliphatic hydroxyl groups is 2. The number of aromatic amines is 2. The number of nitrogens with one attached hydrogen (secondary N) is 2. The van der Waals surface area contributed by atoms with E-state index in [0.29, 0.717) is 0 Å². The summed E-state index contributed by atoms with van der Waals surface area (Å²) in [4.78, 5) is 26.7. The fourth-order valence-electron chi connectivity index (χ4n) is 8.14. The highest BCUT2D eigenvalue weighted by molar-refractivity contribution is 6.10. The largest absolute Gasteiger partial charge is 0.395 e. The number of β-amino-alcohol motifs (C(OH)–C–C–N with tert-alkyl or cyclic N) is 2. The molecule has 0 atom stereocenters. The van der Waals surface area contributed by atoms with Gasteiger partial charge < -0.3 is 34.5 Å². The number of hydrogen-bond donors (Lipinski definition) is 4. The molecule has 7 aromatic rings. The topological polar surface area (TPSA) is 116 Å². The van der Waals surface area contributed by atoms with Crippen LogP contribution in [0.2, 0.25) is 0 Å². The molecule has 0 radical (unpaired) electrons. The highest BCUT2D eigenvalue weighted by atomic mass is 16.3. The molecular weight excluding hydrogens is 639 g/mol. The van der Waals surface area contributed by atoms with Gasteiger partial charge in [0.2, 0.25) is 0 Å². The summed E-state index contributed by atoms with van der Waals surface area (Å²) in [5.74, 6) is 1.74. The van der Waals surface area contributed by atoms with E-state index in [0.717, 1.165) is 117 Å². The number of H-pyrrole nitrogens is 2. The number of fused-ring (bicyclic) bond motifs is 5. The average molecular weight is 684 g/mol. The lowest BCUT2D eigenvalue weighted by atomic mass is 10.1. The Morgan fingerprint density at radius 1 is 0.569 bits per heavy atom. The van der Waals surface area contributed by atoms with Gasteiger partial charge in [-0.15, -0.1) is 0 Å². The summed E-state index contributed by atoms with van der Waals surface area (Å²) >= 11 is 0. The Morgan fingerprint density at radius 3 is 1.43 bits per heavy atom. The first-order valence-corrected chi connectivity index (χ1v) is 18.3. The van der Waals surface area contributed by atoms with Crippen molar-refractivity contribution in [2.24, 2.45) is 0 Å². The summed E-state index contributed by atoms with van der Waals surface area (Å²) in [7, 11) is 0. The molecule has 2 saturated heterocycles. The molecule has 2 aliphatic rings. The summed E-state index contributed by atoms with van der Waals surface area (Å²) in [5.41, 5.74) is 10.9. The number of benzene rings is 4. The Labute approximate surface area is 296 Å². The van der Waals surface area contributed by atoms with Gasteiger partial charge >= 0.3 is 0 Å². The number of aromatic nitrogens is 5. The number of aryl methyl sites for hydroxylation is 1. The van der Waals surface area contributed by atoms with Crippen molar-refractivity contribution < 1.29 is 10.2 Å². The predicted octanol–water partition coefficient (Wildman–Crippen LogP) is 5.13. The van der Waals surface area contributed by atoms with Crippen LogP contribution >= 0.6 is 0 Å². The zero-order valence-corrected chi connectivity index (χ0v) is 29.1. The van der Waals surface area contributed by atoms with Crippen molar-refractivity contribution in [3.63, 3.8) is 0 Å². The van der Waals surface area contributed by atoms with Crippen molar-refractivity contribution in [2.45, 2.75) is 13.5 Å². The summed E-state index contributed by atoms with van der Waals surface area (Å²) in [5, 5.41) is 21.0. The van der Waals surface area contributed by atoms with Gasteiger partial charge in [0.05, 0.1) is 35.3 Å². The van der Waals surface area contributed by atoms with Crippen molar-refractivity contribution in [2.75, 3.05) is 88.5 Å². The third-order valence-electron chi connectivity index (χ3n) is 11.0. The second-order valence-electron chi connectivity index (χ2n) is 13.9. The maximum Gasteiger partial charge on any atom is 0.138 e. The monoisotopic (exact) mass is 683 g/mol. The van der Waals surface area contributed by atoms with Gasteiger partial charge in [0.1, 0.15) is 11.6 Å². The van der Waals surface area contributed by atoms with Crippen LogP contribution in [0.3, 0.4) is 0 Å². The zero-order chi connectivity index (χ0) is 34.5. The number of imidazole rings is 2. The summed E-state index contributed by atoms with van der Waals surface area (Å²) in [6.07, 6.45) is 0. The molecule has 0 bridgehead atoms. The van der Waals surface area contributed by atoms with E-state index in [2.05, 4.69) is 114 Å².